The number of pyridine rings is 1. The van der Waals surface area contributed by atoms with Crippen molar-refractivity contribution >= 4 is 17.1 Å². The van der Waals surface area contributed by atoms with E-state index in [9.17, 15) is 9.59 Å². The number of rotatable bonds is 6. The highest BCUT2D eigenvalue weighted by molar-refractivity contribution is 5.95. The number of hydrogen-bond donors (Lipinski definition) is 0. The molecule has 0 spiro atoms. The monoisotopic (exact) mass is 410 g/mol. The number of anilines is 1. The zero-order chi connectivity index (χ0) is 21.1. The van der Waals surface area contributed by atoms with Crippen molar-refractivity contribution in [1.29, 1.82) is 0 Å². The molecule has 4 heterocycles. The lowest BCUT2D eigenvalue weighted by Crippen LogP contribution is -2.43. The summed E-state index contributed by atoms with van der Waals surface area (Å²) in [5.41, 5.74) is 2.10. The molecular weight excluding hydrogens is 384 g/mol. The van der Waals surface area contributed by atoms with Crippen LogP contribution in [0.4, 0.5) is 5.69 Å². The summed E-state index contributed by atoms with van der Waals surface area (Å²) in [5, 5.41) is 4.40. The summed E-state index contributed by atoms with van der Waals surface area (Å²) >= 11 is 0. The number of hydrogen-bond acceptors (Lipinski definition) is 6. The van der Waals surface area contributed by atoms with Crippen LogP contribution in [0.2, 0.25) is 0 Å². The molecule has 3 aromatic heterocycles. The molecule has 1 atom stereocenters. The molecular formula is C21H26N6O3. The highest BCUT2D eigenvalue weighted by atomic mass is 16.5. The van der Waals surface area contributed by atoms with Crippen molar-refractivity contribution in [2.75, 3.05) is 45.3 Å². The highest BCUT2D eigenvalue weighted by Gasteiger charge is 2.27. The Hall–Kier alpha value is -3.20. The summed E-state index contributed by atoms with van der Waals surface area (Å²) in [7, 11) is 3.55. The SMILES string of the molecule is COCCN(C)c1cnn([C@@H]2CCCN(C(=O)c3ccn4cncc4c3)C2)c(=O)c1. The second-order valence-corrected chi connectivity index (χ2v) is 7.60. The molecule has 0 N–H and O–H groups in total. The summed E-state index contributed by atoms with van der Waals surface area (Å²) in [5.74, 6) is -0.0348. The Balaban J connectivity index is 1.49. The smallest absolute Gasteiger partial charge is 0.269 e. The molecule has 0 radical (unpaired) electrons. The average molecular weight is 410 g/mol. The molecule has 158 valence electrons. The fraction of sp³-hybridized carbons (Fsp3) is 0.429. The Morgan fingerprint density at radius 3 is 3.00 bits per heavy atom. The summed E-state index contributed by atoms with van der Waals surface area (Å²) in [6.07, 6.45) is 8.61. The van der Waals surface area contributed by atoms with Gasteiger partial charge in [-0.25, -0.2) is 9.67 Å². The molecule has 0 aliphatic carbocycles. The maximum Gasteiger partial charge on any atom is 0.269 e. The number of carbonyl (C=O) groups is 1. The molecule has 30 heavy (non-hydrogen) atoms. The minimum atomic E-state index is -0.156. The quantitative estimate of drug-likeness (QED) is 0.612. The molecule has 1 saturated heterocycles. The van der Waals surface area contributed by atoms with Gasteiger partial charge in [-0.05, 0) is 25.0 Å². The third-order valence-corrected chi connectivity index (χ3v) is 5.57. The first-order valence-electron chi connectivity index (χ1n) is 10.1. The third kappa shape index (κ3) is 4.06. The van der Waals surface area contributed by atoms with Gasteiger partial charge < -0.3 is 18.9 Å². The van der Waals surface area contributed by atoms with Crippen molar-refractivity contribution in [2.45, 2.75) is 18.9 Å². The Morgan fingerprint density at radius 1 is 1.33 bits per heavy atom. The molecule has 0 bridgehead atoms. The van der Waals surface area contributed by atoms with Gasteiger partial charge in [-0.1, -0.05) is 0 Å². The van der Waals surface area contributed by atoms with Crippen molar-refractivity contribution in [2.24, 2.45) is 0 Å². The molecule has 1 fully saturated rings. The van der Waals surface area contributed by atoms with E-state index >= 15 is 0 Å². The van der Waals surface area contributed by atoms with Crippen LogP contribution in [-0.4, -0.2) is 70.4 Å². The zero-order valence-electron chi connectivity index (χ0n) is 17.3. The number of carbonyl (C=O) groups excluding carboxylic acids is 1. The molecule has 9 nitrogen and oxygen atoms in total. The second kappa shape index (κ2) is 8.66. The van der Waals surface area contributed by atoms with Gasteiger partial charge in [0.1, 0.15) is 0 Å². The van der Waals surface area contributed by atoms with E-state index in [-0.39, 0.29) is 17.5 Å². The lowest BCUT2D eigenvalue weighted by molar-refractivity contribution is 0.0670. The Bertz CT molecular complexity index is 1090. The standard InChI is InChI=1S/C21H26N6O3/c1-24(8-9-30-2)18-11-20(28)27(23-13-18)17-4-3-6-25(14-17)21(29)16-5-7-26-15-22-12-19(26)10-16/h5,7,10-13,15,17H,3-4,6,8-9,14H2,1-2H3/t17-/m1/s1. The lowest BCUT2D eigenvalue weighted by atomic mass is 10.0. The first-order valence-corrected chi connectivity index (χ1v) is 10.1. The number of methoxy groups -OCH3 is 1. The third-order valence-electron chi connectivity index (χ3n) is 5.57. The van der Waals surface area contributed by atoms with Crippen LogP contribution in [0.15, 0.2) is 47.9 Å². The van der Waals surface area contributed by atoms with E-state index in [4.69, 9.17) is 4.74 Å². The van der Waals surface area contributed by atoms with Gasteiger partial charge in [0.05, 0.1) is 42.6 Å². The molecule has 0 aromatic carbocycles. The summed E-state index contributed by atoms with van der Waals surface area (Å²) in [6, 6.07) is 5.10. The first-order chi connectivity index (χ1) is 14.6. The predicted octanol–water partition coefficient (Wildman–Crippen LogP) is 1.45. The summed E-state index contributed by atoms with van der Waals surface area (Å²) in [4.78, 5) is 33.6. The van der Waals surface area contributed by atoms with Gasteiger partial charge in [-0.2, -0.15) is 5.10 Å². The van der Waals surface area contributed by atoms with Gasteiger partial charge in [0.15, 0.2) is 0 Å². The second-order valence-electron chi connectivity index (χ2n) is 7.60. The Morgan fingerprint density at radius 2 is 2.20 bits per heavy atom. The maximum atomic E-state index is 13.0. The minimum absolute atomic E-state index is 0.0348. The highest BCUT2D eigenvalue weighted by Crippen LogP contribution is 2.22. The van der Waals surface area contributed by atoms with E-state index in [1.165, 1.54) is 4.68 Å². The molecule has 9 heteroatoms. The van der Waals surface area contributed by atoms with Gasteiger partial charge in [-0.15, -0.1) is 0 Å². The van der Waals surface area contributed by atoms with Crippen LogP contribution in [0.5, 0.6) is 0 Å². The minimum Gasteiger partial charge on any atom is -0.383 e. The summed E-state index contributed by atoms with van der Waals surface area (Å²) in [6.45, 7) is 2.39. The number of ether oxygens (including phenoxy) is 1. The number of likely N-dealkylation sites (N-methyl/N-ethyl adjacent to an activating group) is 1. The molecule has 0 saturated carbocycles. The van der Waals surface area contributed by atoms with Crippen molar-refractivity contribution in [3.63, 3.8) is 0 Å². The van der Waals surface area contributed by atoms with Gasteiger partial charge in [-0.3, -0.25) is 9.59 Å². The number of nitrogens with zero attached hydrogens (tertiary/aromatic N) is 6. The van der Waals surface area contributed by atoms with Crippen molar-refractivity contribution < 1.29 is 9.53 Å². The molecule has 1 amide bonds. The molecule has 1 aliphatic heterocycles. The fourth-order valence-electron chi connectivity index (χ4n) is 3.82. The lowest BCUT2D eigenvalue weighted by Gasteiger charge is -2.33. The van der Waals surface area contributed by atoms with Crippen LogP contribution < -0.4 is 10.5 Å². The largest absolute Gasteiger partial charge is 0.383 e. The molecule has 1 aliphatic rings. The number of fused-ring (bicyclic) bond motifs is 1. The number of imidazole rings is 1. The fourth-order valence-corrected chi connectivity index (χ4v) is 3.82. The van der Waals surface area contributed by atoms with Crippen molar-refractivity contribution in [1.82, 2.24) is 24.1 Å². The van der Waals surface area contributed by atoms with Crippen LogP contribution in [0.3, 0.4) is 0 Å². The number of likely N-dealkylation sites (tertiary alicyclic amines) is 1. The normalized spacial score (nSPS) is 16.7. The van der Waals surface area contributed by atoms with E-state index in [1.807, 2.05) is 33.5 Å². The van der Waals surface area contributed by atoms with Crippen LogP contribution in [0, 0.1) is 0 Å². The number of amides is 1. The Labute approximate surface area is 174 Å². The summed E-state index contributed by atoms with van der Waals surface area (Å²) < 4.78 is 8.46. The number of piperidine rings is 1. The topological polar surface area (TPSA) is 85.0 Å². The molecule has 0 unspecified atom stereocenters. The molecule has 4 rings (SSSR count). The predicted molar refractivity (Wildman–Crippen MR) is 113 cm³/mol. The maximum absolute atomic E-state index is 13.0. The van der Waals surface area contributed by atoms with Crippen LogP contribution >= 0.6 is 0 Å². The van der Waals surface area contributed by atoms with Crippen molar-refractivity contribution in [3.8, 4) is 0 Å². The molecule has 3 aromatic rings. The van der Waals surface area contributed by atoms with E-state index in [0.29, 0.717) is 31.8 Å². The van der Waals surface area contributed by atoms with Crippen LogP contribution in [0.25, 0.3) is 5.52 Å². The van der Waals surface area contributed by atoms with E-state index in [1.54, 1.807) is 38.0 Å². The zero-order valence-corrected chi connectivity index (χ0v) is 17.3. The van der Waals surface area contributed by atoms with Crippen LogP contribution in [-0.2, 0) is 4.74 Å². The van der Waals surface area contributed by atoms with Gasteiger partial charge in [0, 0.05) is 51.6 Å². The Kier molecular flexibility index (Phi) is 5.80. The van der Waals surface area contributed by atoms with Crippen molar-refractivity contribution in [3.05, 3.63) is 59.0 Å². The number of aromatic nitrogens is 4. The van der Waals surface area contributed by atoms with Gasteiger partial charge in [0.25, 0.3) is 11.5 Å². The van der Waals surface area contributed by atoms with E-state index in [2.05, 4.69) is 10.1 Å². The average Bonchev–Trinajstić information content (AvgIpc) is 3.25. The van der Waals surface area contributed by atoms with E-state index < -0.39 is 0 Å². The van der Waals surface area contributed by atoms with Gasteiger partial charge >= 0.3 is 0 Å². The van der Waals surface area contributed by atoms with Gasteiger partial charge in [0.2, 0.25) is 0 Å². The first kappa shape index (κ1) is 20.1. The van der Waals surface area contributed by atoms with Crippen LogP contribution in [0.1, 0.15) is 29.2 Å². The van der Waals surface area contributed by atoms with E-state index in [0.717, 1.165) is 24.0 Å².